The predicted molar refractivity (Wildman–Crippen MR) is 99.9 cm³/mol. The number of thiophene rings is 2. The Morgan fingerprint density at radius 1 is 0.792 bits per heavy atom. The van der Waals surface area contributed by atoms with Crippen LogP contribution in [0.5, 0.6) is 0 Å². The van der Waals surface area contributed by atoms with Gasteiger partial charge < -0.3 is 9.80 Å². The molecule has 6 heteroatoms. The van der Waals surface area contributed by atoms with E-state index in [2.05, 4.69) is 0 Å². The lowest BCUT2D eigenvalue weighted by molar-refractivity contribution is -0.133. The van der Waals surface area contributed by atoms with Crippen LogP contribution in [-0.2, 0) is 9.59 Å². The lowest BCUT2D eigenvalue weighted by Crippen LogP contribution is -2.49. The first-order valence-corrected chi connectivity index (χ1v) is 9.49. The molecular weight excluding hydrogens is 340 g/mol. The van der Waals surface area contributed by atoms with Gasteiger partial charge in [-0.1, -0.05) is 12.1 Å². The highest BCUT2D eigenvalue weighted by Gasteiger charge is 2.21. The molecule has 24 heavy (non-hydrogen) atoms. The lowest BCUT2D eigenvalue weighted by atomic mass is 10.2. The van der Waals surface area contributed by atoms with Gasteiger partial charge in [0.1, 0.15) is 0 Å². The standard InChI is InChI=1S/C18H18N2O2S2/c21-17(7-5-15-3-1-13-23-15)19-9-11-20(12-10-19)18(22)8-6-16-4-2-14-24-16/h1-8,13-14H,9-12H2. The van der Waals surface area contributed by atoms with Crippen LogP contribution in [-0.4, -0.2) is 47.8 Å². The molecule has 2 aromatic heterocycles. The number of rotatable bonds is 4. The summed E-state index contributed by atoms with van der Waals surface area (Å²) in [6, 6.07) is 7.88. The van der Waals surface area contributed by atoms with E-state index in [4.69, 9.17) is 0 Å². The molecule has 3 heterocycles. The number of nitrogens with zero attached hydrogens (tertiary/aromatic N) is 2. The summed E-state index contributed by atoms with van der Waals surface area (Å²) in [6.07, 6.45) is 6.91. The van der Waals surface area contributed by atoms with E-state index in [1.165, 1.54) is 0 Å². The van der Waals surface area contributed by atoms with Gasteiger partial charge in [-0.15, -0.1) is 22.7 Å². The molecule has 0 aliphatic carbocycles. The first-order valence-electron chi connectivity index (χ1n) is 7.73. The van der Waals surface area contributed by atoms with Gasteiger partial charge in [-0.05, 0) is 35.0 Å². The van der Waals surface area contributed by atoms with Crippen molar-refractivity contribution in [2.24, 2.45) is 0 Å². The third-order valence-corrected chi connectivity index (χ3v) is 5.44. The van der Waals surface area contributed by atoms with Crippen LogP contribution in [0.2, 0.25) is 0 Å². The van der Waals surface area contributed by atoms with Crippen molar-refractivity contribution in [1.29, 1.82) is 0 Å². The quantitative estimate of drug-likeness (QED) is 0.788. The van der Waals surface area contributed by atoms with Gasteiger partial charge in [0.25, 0.3) is 0 Å². The highest BCUT2D eigenvalue weighted by molar-refractivity contribution is 7.11. The van der Waals surface area contributed by atoms with Crippen molar-refractivity contribution in [3.63, 3.8) is 0 Å². The molecule has 4 nitrogen and oxygen atoms in total. The van der Waals surface area contributed by atoms with Crippen LogP contribution in [0.15, 0.2) is 47.2 Å². The molecule has 3 rings (SSSR count). The molecule has 1 saturated heterocycles. The van der Waals surface area contributed by atoms with Crippen molar-refractivity contribution in [2.45, 2.75) is 0 Å². The fourth-order valence-electron chi connectivity index (χ4n) is 2.44. The Bertz CT molecular complexity index is 661. The first kappa shape index (κ1) is 16.7. The zero-order chi connectivity index (χ0) is 16.8. The van der Waals surface area contributed by atoms with Crippen LogP contribution in [0.4, 0.5) is 0 Å². The summed E-state index contributed by atoms with van der Waals surface area (Å²) in [5.74, 6) is 0.00857. The average Bonchev–Trinajstić information content (AvgIpc) is 3.31. The van der Waals surface area contributed by atoms with Crippen LogP contribution < -0.4 is 0 Å². The van der Waals surface area contributed by atoms with E-state index in [0.717, 1.165) is 9.75 Å². The molecule has 1 fully saturated rings. The summed E-state index contributed by atoms with van der Waals surface area (Å²) in [7, 11) is 0. The van der Waals surface area contributed by atoms with Gasteiger partial charge in [-0.25, -0.2) is 0 Å². The van der Waals surface area contributed by atoms with Crippen LogP contribution in [0, 0.1) is 0 Å². The molecule has 0 unspecified atom stereocenters. The molecular formula is C18H18N2O2S2. The number of amides is 2. The second kappa shape index (κ2) is 8.08. The van der Waals surface area contributed by atoms with Crippen LogP contribution >= 0.6 is 22.7 Å². The highest BCUT2D eigenvalue weighted by Crippen LogP contribution is 2.12. The smallest absolute Gasteiger partial charge is 0.246 e. The van der Waals surface area contributed by atoms with Crippen LogP contribution in [0.1, 0.15) is 9.75 Å². The van der Waals surface area contributed by atoms with Crippen molar-refractivity contribution in [2.75, 3.05) is 26.2 Å². The van der Waals surface area contributed by atoms with E-state index < -0.39 is 0 Å². The van der Waals surface area contributed by atoms with Gasteiger partial charge in [-0.2, -0.15) is 0 Å². The minimum Gasteiger partial charge on any atom is -0.336 e. The van der Waals surface area contributed by atoms with E-state index in [1.54, 1.807) is 44.6 Å². The van der Waals surface area contributed by atoms with Crippen LogP contribution in [0.3, 0.4) is 0 Å². The van der Waals surface area contributed by atoms with Gasteiger partial charge in [0, 0.05) is 48.1 Å². The minimum absolute atomic E-state index is 0.00428. The Kier molecular flexibility index (Phi) is 5.61. The maximum atomic E-state index is 12.2. The van der Waals surface area contributed by atoms with E-state index in [-0.39, 0.29) is 11.8 Å². The van der Waals surface area contributed by atoms with Crippen molar-refractivity contribution in [3.8, 4) is 0 Å². The SMILES string of the molecule is O=C(C=Cc1cccs1)N1CCN(C(=O)C=Cc2cccs2)CC1. The molecule has 0 spiro atoms. The molecule has 0 radical (unpaired) electrons. The molecule has 124 valence electrons. The van der Waals surface area contributed by atoms with Gasteiger partial charge in [0.15, 0.2) is 0 Å². The monoisotopic (exact) mass is 358 g/mol. The topological polar surface area (TPSA) is 40.6 Å². The van der Waals surface area contributed by atoms with E-state index in [0.29, 0.717) is 26.2 Å². The number of hydrogen-bond acceptors (Lipinski definition) is 4. The Morgan fingerprint density at radius 3 is 1.54 bits per heavy atom. The van der Waals surface area contributed by atoms with Crippen molar-refractivity contribution in [3.05, 3.63) is 56.9 Å². The zero-order valence-electron chi connectivity index (χ0n) is 13.1. The van der Waals surface area contributed by atoms with E-state index in [1.807, 2.05) is 47.2 Å². The minimum atomic E-state index is 0.00428. The lowest BCUT2D eigenvalue weighted by Gasteiger charge is -2.33. The second-order valence-corrected chi connectivity index (χ2v) is 7.31. The summed E-state index contributed by atoms with van der Waals surface area (Å²) < 4.78 is 0. The van der Waals surface area contributed by atoms with Gasteiger partial charge in [0.2, 0.25) is 11.8 Å². The summed E-state index contributed by atoms with van der Waals surface area (Å²) in [5.41, 5.74) is 0. The molecule has 0 atom stereocenters. The maximum Gasteiger partial charge on any atom is 0.246 e. The number of piperazine rings is 1. The molecule has 0 N–H and O–H groups in total. The summed E-state index contributed by atoms with van der Waals surface area (Å²) in [4.78, 5) is 30.1. The van der Waals surface area contributed by atoms with Gasteiger partial charge >= 0.3 is 0 Å². The molecule has 1 aliphatic rings. The fourth-order valence-corrected chi connectivity index (χ4v) is 3.67. The average molecular weight is 358 g/mol. The molecule has 0 aromatic carbocycles. The summed E-state index contributed by atoms with van der Waals surface area (Å²) in [5, 5.41) is 3.97. The molecule has 0 bridgehead atoms. The third kappa shape index (κ3) is 4.43. The maximum absolute atomic E-state index is 12.2. The summed E-state index contributed by atoms with van der Waals surface area (Å²) >= 11 is 3.21. The van der Waals surface area contributed by atoms with Crippen molar-refractivity contribution < 1.29 is 9.59 Å². The van der Waals surface area contributed by atoms with Gasteiger partial charge in [0.05, 0.1) is 0 Å². The molecule has 1 aliphatic heterocycles. The van der Waals surface area contributed by atoms with E-state index >= 15 is 0 Å². The molecule has 2 aromatic rings. The first-order chi connectivity index (χ1) is 11.7. The largest absolute Gasteiger partial charge is 0.336 e. The van der Waals surface area contributed by atoms with Crippen molar-refractivity contribution in [1.82, 2.24) is 9.80 Å². The van der Waals surface area contributed by atoms with Crippen LogP contribution in [0.25, 0.3) is 12.2 Å². The second-order valence-electron chi connectivity index (χ2n) is 5.35. The Labute approximate surface area is 149 Å². The molecule has 2 amide bonds. The summed E-state index contributed by atoms with van der Waals surface area (Å²) in [6.45, 7) is 2.30. The third-order valence-electron chi connectivity index (χ3n) is 3.77. The Hall–Kier alpha value is -2.18. The highest BCUT2D eigenvalue weighted by atomic mass is 32.1. The number of hydrogen-bond donors (Lipinski definition) is 0. The number of carbonyl (C=O) groups excluding carboxylic acids is 2. The van der Waals surface area contributed by atoms with Gasteiger partial charge in [-0.3, -0.25) is 9.59 Å². The Balaban J connectivity index is 1.48. The Morgan fingerprint density at radius 2 is 1.21 bits per heavy atom. The predicted octanol–water partition coefficient (Wildman–Crippen LogP) is 3.21. The fraction of sp³-hybridized carbons (Fsp3) is 0.222. The van der Waals surface area contributed by atoms with Crippen molar-refractivity contribution >= 4 is 46.6 Å². The molecule has 0 saturated carbocycles. The zero-order valence-corrected chi connectivity index (χ0v) is 14.8. The number of carbonyl (C=O) groups is 2. The normalized spacial score (nSPS) is 15.5. The van der Waals surface area contributed by atoms with E-state index in [9.17, 15) is 9.59 Å².